The van der Waals surface area contributed by atoms with Gasteiger partial charge in [-0.3, -0.25) is 4.98 Å². The van der Waals surface area contributed by atoms with Crippen molar-refractivity contribution in [3.63, 3.8) is 0 Å². The molecule has 0 bridgehead atoms. The fourth-order valence-corrected chi connectivity index (χ4v) is 4.30. The van der Waals surface area contributed by atoms with Crippen LogP contribution in [0.2, 0.25) is 0 Å². The van der Waals surface area contributed by atoms with E-state index in [0.29, 0.717) is 5.92 Å². The van der Waals surface area contributed by atoms with Gasteiger partial charge >= 0.3 is 0 Å². The molecule has 0 unspecified atom stereocenters. The molecule has 3 aromatic carbocycles. The molecule has 0 aliphatic rings. The Bertz CT molecular complexity index is 1260. The van der Waals surface area contributed by atoms with Crippen LogP contribution in [0.1, 0.15) is 49.1 Å². The van der Waals surface area contributed by atoms with Crippen LogP contribution in [0, 0.1) is 6.92 Å². The molecule has 0 spiro atoms. The third-order valence-corrected chi connectivity index (χ3v) is 5.58. The van der Waals surface area contributed by atoms with Crippen LogP contribution in [0.3, 0.4) is 0 Å². The van der Waals surface area contributed by atoms with E-state index in [1.54, 1.807) is 0 Å². The summed E-state index contributed by atoms with van der Waals surface area (Å²) in [5.41, 5.74) is 10.5. The minimum Gasteiger partial charge on any atom is -0.253 e. The van der Waals surface area contributed by atoms with Gasteiger partial charge in [0.15, 0.2) is 0 Å². The Kier molecular flexibility index (Phi) is 5.86. The second-order valence-electron chi connectivity index (χ2n) is 8.53. The van der Waals surface area contributed by atoms with Crippen molar-refractivity contribution >= 4 is 16.5 Å². The zero-order valence-corrected chi connectivity index (χ0v) is 18.8. The van der Waals surface area contributed by atoms with Crippen LogP contribution in [0.15, 0.2) is 97.1 Å². The van der Waals surface area contributed by atoms with Crippen molar-refractivity contribution in [2.24, 2.45) is 0 Å². The van der Waals surface area contributed by atoms with E-state index in [4.69, 9.17) is 4.98 Å². The van der Waals surface area contributed by atoms with E-state index in [0.717, 1.165) is 16.8 Å². The maximum absolute atomic E-state index is 5.05. The summed E-state index contributed by atoms with van der Waals surface area (Å²) in [5, 5.41) is 1.20. The summed E-state index contributed by atoms with van der Waals surface area (Å²) < 4.78 is 0. The lowest BCUT2D eigenvalue weighted by atomic mass is 9.85. The predicted molar refractivity (Wildman–Crippen MR) is 134 cm³/mol. The van der Waals surface area contributed by atoms with Crippen LogP contribution in [0.4, 0.5) is 0 Å². The summed E-state index contributed by atoms with van der Waals surface area (Å²) in [4.78, 5) is 5.05. The number of rotatable bonds is 5. The standard InChI is InChI=1S/C30H29N/c1-20(2)18-27(23-12-8-6-9-13-23)25-16-17-26-28(24-14-10-7-11-15-24)19-22(5)31-30(26)29(25)21(3)4/h6-19,21H,1H2,2-5H3/b27-18-. The summed E-state index contributed by atoms with van der Waals surface area (Å²) >= 11 is 0. The summed E-state index contributed by atoms with van der Waals surface area (Å²) in [7, 11) is 0. The average molecular weight is 404 g/mol. The highest BCUT2D eigenvalue weighted by molar-refractivity contribution is 6.00. The molecule has 0 amide bonds. The first-order valence-electron chi connectivity index (χ1n) is 10.9. The van der Waals surface area contributed by atoms with Gasteiger partial charge in [0.05, 0.1) is 5.52 Å². The molecule has 0 aliphatic carbocycles. The number of benzene rings is 3. The summed E-state index contributed by atoms with van der Waals surface area (Å²) in [5.74, 6) is 0.328. The maximum Gasteiger partial charge on any atom is 0.0752 e. The van der Waals surface area contributed by atoms with Crippen LogP contribution >= 0.6 is 0 Å². The van der Waals surface area contributed by atoms with Crippen molar-refractivity contribution in [2.75, 3.05) is 0 Å². The van der Waals surface area contributed by atoms with Gasteiger partial charge in [0.25, 0.3) is 0 Å². The summed E-state index contributed by atoms with van der Waals surface area (Å²) in [6.45, 7) is 12.8. The van der Waals surface area contributed by atoms with Gasteiger partial charge in [-0.15, -0.1) is 0 Å². The molecular formula is C30H29N. The first kappa shape index (κ1) is 20.8. The van der Waals surface area contributed by atoms with Crippen molar-refractivity contribution in [3.8, 4) is 11.1 Å². The topological polar surface area (TPSA) is 12.9 Å². The van der Waals surface area contributed by atoms with Crippen LogP contribution < -0.4 is 0 Å². The van der Waals surface area contributed by atoms with E-state index in [2.05, 4.69) is 119 Å². The average Bonchev–Trinajstić information content (AvgIpc) is 2.77. The molecule has 154 valence electrons. The minimum atomic E-state index is 0.328. The second-order valence-corrected chi connectivity index (χ2v) is 8.53. The molecule has 0 aliphatic heterocycles. The van der Waals surface area contributed by atoms with Crippen molar-refractivity contribution in [1.29, 1.82) is 0 Å². The van der Waals surface area contributed by atoms with E-state index < -0.39 is 0 Å². The Balaban J connectivity index is 2.06. The number of allylic oxidation sites excluding steroid dienone is 2. The van der Waals surface area contributed by atoms with Crippen LogP contribution in [0.25, 0.3) is 27.6 Å². The fourth-order valence-electron chi connectivity index (χ4n) is 4.30. The van der Waals surface area contributed by atoms with Crippen LogP contribution in [-0.4, -0.2) is 4.98 Å². The van der Waals surface area contributed by atoms with Gasteiger partial charge in [0.1, 0.15) is 0 Å². The van der Waals surface area contributed by atoms with E-state index in [-0.39, 0.29) is 0 Å². The quantitative estimate of drug-likeness (QED) is 0.305. The first-order chi connectivity index (χ1) is 15.0. The highest BCUT2D eigenvalue weighted by atomic mass is 14.7. The predicted octanol–water partition coefficient (Wildman–Crippen LogP) is 8.34. The van der Waals surface area contributed by atoms with Gasteiger partial charge in [-0.25, -0.2) is 0 Å². The lowest BCUT2D eigenvalue weighted by Gasteiger charge is -2.20. The van der Waals surface area contributed by atoms with Crippen molar-refractivity contribution in [3.05, 3.63) is 119 Å². The Morgan fingerprint density at radius 3 is 2.16 bits per heavy atom. The molecule has 1 aromatic heterocycles. The second kappa shape index (κ2) is 8.73. The highest BCUT2D eigenvalue weighted by Crippen LogP contribution is 2.38. The van der Waals surface area contributed by atoms with Crippen molar-refractivity contribution < 1.29 is 0 Å². The Morgan fingerprint density at radius 2 is 1.55 bits per heavy atom. The van der Waals surface area contributed by atoms with Gasteiger partial charge < -0.3 is 0 Å². The van der Waals surface area contributed by atoms with Gasteiger partial charge in [-0.1, -0.05) is 105 Å². The molecule has 4 aromatic rings. The lowest BCUT2D eigenvalue weighted by molar-refractivity contribution is 0.868. The normalized spacial score (nSPS) is 11.8. The SMILES string of the molecule is C=C(C)/C=C(/c1ccccc1)c1ccc2c(-c3ccccc3)cc(C)nc2c1C(C)C. The largest absolute Gasteiger partial charge is 0.253 e. The molecule has 0 atom stereocenters. The van der Waals surface area contributed by atoms with Gasteiger partial charge in [-0.2, -0.15) is 0 Å². The third-order valence-electron chi connectivity index (χ3n) is 5.58. The number of hydrogen-bond acceptors (Lipinski definition) is 1. The fraction of sp³-hybridized carbons (Fsp3) is 0.167. The Morgan fingerprint density at radius 1 is 0.903 bits per heavy atom. The van der Waals surface area contributed by atoms with Gasteiger partial charge in [0.2, 0.25) is 0 Å². The molecule has 0 radical (unpaired) electrons. The number of hydrogen-bond donors (Lipinski definition) is 0. The van der Waals surface area contributed by atoms with E-state index in [1.807, 2.05) is 0 Å². The minimum absolute atomic E-state index is 0.328. The highest BCUT2D eigenvalue weighted by Gasteiger charge is 2.19. The van der Waals surface area contributed by atoms with Gasteiger partial charge in [0, 0.05) is 11.1 Å². The number of nitrogens with zero attached hydrogens (tertiary/aromatic N) is 1. The molecule has 0 saturated heterocycles. The smallest absolute Gasteiger partial charge is 0.0752 e. The number of fused-ring (bicyclic) bond motifs is 1. The maximum atomic E-state index is 5.05. The molecular weight excluding hydrogens is 374 g/mol. The molecule has 0 fully saturated rings. The van der Waals surface area contributed by atoms with E-state index in [1.165, 1.54) is 38.8 Å². The molecule has 0 N–H and O–H groups in total. The van der Waals surface area contributed by atoms with E-state index >= 15 is 0 Å². The summed E-state index contributed by atoms with van der Waals surface area (Å²) in [6, 6.07) is 27.9. The number of aryl methyl sites for hydroxylation is 1. The van der Waals surface area contributed by atoms with E-state index in [9.17, 15) is 0 Å². The Labute approximate surface area is 185 Å². The van der Waals surface area contributed by atoms with Gasteiger partial charge in [-0.05, 0) is 59.2 Å². The van der Waals surface area contributed by atoms with Crippen molar-refractivity contribution in [2.45, 2.75) is 33.6 Å². The lowest BCUT2D eigenvalue weighted by Crippen LogP contribution is -2.02. The van der Waals surface area contributed by atoms with Crippen LogP contribution in [0.5, 0.6) is 0 Å². The molecule has 1 heteroatoms. The molecule has 1 nitrogen and oxygen atoms in total. The molecule has 1 heterocycles. The van der Waals surface area contributed by atoms with Crippen molar-refractivity contribution in [1.82, 2.24) is 4.98 Å². The zero-order valence-electron chi connectivity index (χ0n) is 18.8. The third kappa shape index (κ3) is 4.22. The monoisotopic (exact) mass is 403 g/mol. The molecule has 4 rings (SSSR count). The summed E-state index contributed by atoms with van der Waals surface area (Å²) in [6.07, 6.45) is 2.19. The number of aromatic nitrogens is 1. The Hall–Kier alpha value is -3.45. The number of pyridine rings is 1. The van der Waals surface area contributed by atoms with Crippen LogP contribution in [-0.2, 0) is 0 Å². The molecule has 31 heavy (non-hydrogen) atoms. The zero-order chi connectivity index (χ0) is 22.0. The first-order valence-corrected chi connectivity index (χ1v) is 10.9. The molecule has 0 saturated carbocycles.